The molecule has 0 aromatic carbocycles. The molecule has 112 heavy (non-hydrogen) atoms. The zero-order chi connectivity index (χ0) is 78.1. The van der Waals surface area contributed by atoms with E-state index in [-0.39, 0.29) is 89.5 Å². The predicted molar refractivity (Wildman–Crippen MR) is 354 cm³/mol. The maximum atomic E-state index is 9.75. The van der Waals surface area contributed by atoms with Gasteiger partial charge >= 0.3 is 119 Å². The molecule has 0 aliphatic rings. The molecule has 32 nitrogen and oxygen atoms in total. The van der Waals surface area contributed by atoms with Gasteiger partial charge in [-0.05, 0) is 97.1 Å². The van der Waals surface area contributed by atoms with E-state index in [1.165, 1.54) is 0 Å². The molecule has 600 valence electrons. The Bertz CT molecular complexity index is 3810. The number of hydrogen-bond donors (Lipinski definition) is 0. The molecule has 16 aromatic heterocycles. The maximum Gasteiger partial charge on any atom is 1.00 e. The van der Waals surface area contributed by atoms with E-state index in [0.717, 1.165) is 46.5 Å². The van der Waals surface area contributed by atoms with Crippen LogP contribution in [0.5, 0.6) is 0 Å². The van der Waals surface area contributed by atoms with E-state index in [1.54, 1.807) is 187 Å². The second-order valence-electron chi connectivity index (χ2n) is 18.4. The van der Waals surface area contributed by atoms with Gasteiger partial charge in [0.2, 0.25) is 0 Å². The monoisotopic (exact) mass is 1940 g/mol. The molecule has 0 aliphatic carbocycles. The van der Waals surface area contributed by atoms with Crippen molar-refractivity contribution in [2.75, 3.05) is 0 Å². The third kappa shape index (κ3) is 47.4. The van der Waals surface area contributed by atoms with E-state index >= 15 is 0 Å². The first kappa shape index (κ1) is 98.4. The van der Waals surface area contributed by atoms with Gasteiger partial charge in [-0.15, -0.1) is 81.6 Å². The Kier molecular flexibility index (Phi) is 48.3. The number of pyridine rings is 8. The minimum absolute atomic E-state index is 0. The van der Waals surface area contributed by atoms with Gasteiger partial charge in [-0.1, -0.05) is 48.5 Å². The summed E-state index contributed by atoms with van der Waals surface area (Å²) in [5, 5.41) is 58.7. The van der Waals surface area contributed by atoms with Crippen molar-refractivity contribution < 1.29 is 159 Å². The molecule has 0 saturated carbocycles. The summed E-state index contributed by atoms with van der Waals surface area (Å²) >= 11 is 0. The standard InChI is InChI=1S/8C7H6N4.4Ag.4BF4/c8*1-2-4-8-7(3-1)11-5-9-10-6-11;;;;;4*2-1(3,4)5/h8*1-6H;;;;;;;;/q;;;;;;;;4*+1;4*-1. The Balaban J connectivity index is 0.000000616. The first-order chi connectivity index (χ1) is 51.7. The van der Waals surface area contributed by atoms with Gasteiger partial charge in [-0.3, -0.25) is 36.5 Å². The number of rotatable bonds is 8. The van der Waals surface area contributed by atoms with Crippen LogP contribution in [0.1, 0.15) is 0 Å². The van der Waals surface area contributed by atoms with Crippen LogP contribution in [-0.2, 0) is 89.5 Å². The summed E-state index contributed by atoms with van der Waals surface area (Å²) in [6.07, 6.45) is 39.7. The topological polar surface area (TPSA) is 349 Å². The Morgan fingerprint density at radius 2 is 0.232 bits per heavy atom. The van der Waals surface area contributed by atoms with Crippen LogP contribution >= 0.6 is 0 Å². The fourth-order valence-electron chi connectivity index (χ4n) is 6.60. The molecule has 0 amide bonds. The number of aromatic nitrogens is 32. The van der Waals surface area contributed by atoms with Gasteiger partial charge in [-0.25, -0.2) is 39.9 Å². The van der Waals surface area contributed by atoms with Crippen LogP contribution in [0.15, 0.2) is 296 Å². The molecular formula is C56H48Ag4B4F16N32. The van der Waals surface area contributed by atoms with Crippen LogP contribution in [0.4, 0.5) is 69.1 Å². The summed E-state index contributed by atoms with van der Waals surface area (Å²) in [7, 11) is -24.0. The fourth-order valence-corrected chi connectivity index (χ4v) is 6.60. The van der Waals surface area contributed by atoms with E-state index in [1.807, 2.05) is 146 Å². The van der Waals surface area contributed by atoms with Crippen molar-refractivity contribution >= 4 is 29.0 Å². The molecule has 0 aliphatic heterocycles. The molecule has 0 N–H and O–H groups in total. The molecule has 0 saturated heterocycles. The second-order valence-corrected chi connectivity index (χ2v) is 18.4. The summed E-state index contributed by atoms with van der Waals surface area (Å²) in [6.45, 7) is 0. The van der Waals surface area contributed by atoms with E-state index in [4.69, 9.17) is 0 Å². The molecule has 16 rings (SSSR count). The Labute approximate surface area is 683 Å². The number of hydrogen-bond acceptors (Lipinski definition) is 24. The van der Waals surface area contributed by atoms with Gasteiger partial charge in [0.25, 0.3) is 0 Å². The zero-order valence-electron chi connectivity index (χ0n) is 55.6. The van der Waals surface area contributed by atoms with Gasteiger partial charge in [0, 0.05) is 49.6 Å². The maximum absolute atomic E-state index is 9.75. The largest absolute Gasteiger partial charge is 1.00 e. The smallest absolute Gasteiger partial charge is 0.418 e. The second kappa shape index (κ2) is 54.9. The van der Waals surface area contributed by atoms with Gasteiger partial charge < -0.3 is 69.1 Å². The summed E-state index contributed by atoms with van der Waals surface area (Å²) in [5.41, 5.74) is 0. The molecule has 0 spiro atoms. The molecular weight excluding hydrogens is 1900 g/mol. The van der Waals surface area contributed by atoms with Crippen LogP contribution in [-0.4, -0.2) is 187 Å². The molecule has 56 heteroatoms. The molecule has 0 bridgehead atoms. The fraction of sp³-hybridized carbons (Fsp3) is 0. The van der Waals surface area contributed by atoms with Crippen LogP contribution in [0.3, 0.4) is 0 Å². The van der Waals surface area contributed by atoms with Crippen molar-refractivity contribution in [1.82, 2.24) is 158 Å². The average Bonchev–Trinajstić information content (AvgIpc) is 1.80. The third-order valence-electron chi connectivity index (χ3n) is 10.7. The van der Waals surface area contributed by atoms with Crippen molar-refractivity contribution in [3.63, 3.8) is 0 Å². The van der Waals surface area contributed by atoms with Crippen molar-refractivity contribution in [2.24, 2.45) is 0 Å². The summed E-state index contributed by atoms with van der Waals surface area (Å²) < 4.78 is 170. The van der Waals surface area contributed by atoms with Crippen molar-refractivity contribution in [3.05, 3.63) is 296 Å². The van der Waals surface area contributed by atoms with E-state index in [9.17, 15) is 69.1 Å². The van der Waals surface area contributed by atoms with Crippen molar-refractivity contribution in [1.29, 1.82) is 0 Å². The third-order valence-corrected chi connectivity index (χ3v) is 10.7. The minimum Gasteiger partial charge on any atom is -0.418 e. The van der Waals surface area contributed by atoms with Gasteiger partial charge in [-0.2, -0.15) is 0 Å². The van der Waals surface area contributed by atoms with Gasteiger partial charge in [0.05, 0.1) is 0 Å². The molecule has 0 fully saturated rings. The molecule has 0 atom stereocenters. The summed E-state index contributed by atoms with van der Waals surface area (Å²) in [4.78, 5) is 32.8. The Hall–Kier alpha value is -11.6. The predicted octanol–water partition coefficient (Wildman–Crippen LogP) is 10.5. The average molecular weight is 1950 g/mol. The van der Waals surface area contributed by atoms with Crippen LogP contribution in [0.25, 0.3) is 46.5 Å². The van der Waals surface area contributed by atoms with Crippen molar-refractivity contribution in [2.45, 2.75) is 0 Å². The van der Waals surface area contributed by atoms with Gasteiger partial charge in [0.1, 0.15) is 148 Å². The quantitative estimate of drug-likeness (QED) is 0.101. The first-order valence-electron chi connectivity index (χ1n) is 29.3. The minimum atomic E-state index is -6.00. The molecule has 0 unspecified atom stereocenters. The van der Waals surface area contributed by atoms with Crippen LogP contribution in [0.2, 0.25) is 0 Å². The number of halogens is 16. The SMILES string of the molecule is F[B-](F)(F)F.F[B-](F)(F)F.F[B-](F)(F)F.F[B-](F)(F)F.[Ag+].[Ag+].[Ag+].[Ag+].c1ccc(-n2cnnc2)nc1.c1ccc(-n2cnnc2)nc1.c1ccc(-n2cnnc2)nc1.c1ccc(-n2cnnc2)nc1.c1ccc(-n2cnnc2)nc1.c1ccc(-n2cnnc2)nc1.c1ccc(-n2cnnc2)nc1.c1ccc(-n2cnnc2)nc1. The molecule has 0 radical (unpaired) electrons. The van der Waals surface area contributed by atoms with Gasteiger partial charge in [0.15, 0.2) is 0 Å². The Morgan fingerprint density at radius 1 is 0.152 bits per heavy atom. The molecule has 16 heterocycles. The van der Waals surface area contributed by atoms with Crippen molar-refractivity contribution in [3.8, 4) is 46.5 Å². The summed E-state index contributed by atoms with van der Waals surface area (Å²) in [6, 6.07) is 45.4. The number of nitrogens with zero attached hydrogens (tertiary/aromatic N) is 32. The van der Waals surface area contributed by atoms with E-state index in [2.05, 4.69) is 121 Å². The molecule has 16 aromatic rings. The summed E-state index contributed by atoms with van der Waals surface area (Å²) in [5.74, 6) is 6.65. The normalized spacial score (nSPS) is 9.86. The van der Waals surface area contributed by atoms with E-state index in [0.29, 0.717) is 0 Å². The zero-order valence-corrected chi connectivity index (χ0v) is 61.5. The Morgan fingerprint density at radius 3 is 0.295 bits per heavy atom. The van der Waals surface area contributed by atoms with Crippen LogP contribution in [0, 0.1) is 0 Å². The van der Waals surface area contributed by atoms with E-state index < -0.39 is 29.0 Å². The first-order valence-corrected chi connectivity index (χ1v) is 29.3. The van der Waals surface area contributed by atoms with Crippen LogP contribution < -0.4 is 0 Å².